The molecule has 0 unspecified atom stereocenters. The van der Waals surface area contributed by atoms with Crippen LogP contribution < -0.4 is 5.32 Å². The molecule has 1 fully saturated rings. The minimum atomic E-state index is -2.94. The second-order valence-electron chi connectivity index (χ2n) is 29.0. The normalized spacial score (nSPS) is 11.5. The van der Waals surface area contributed by atoms with Gasteiger partial charge in [0.25, 0.3) is 0 Å². The van der Waals surface area contributed by atoms with Crippen LogP contribution in [0.25, 0.3) is 0 Å². The van der Waals surface area contributed by atoms with Crippen molar-refractivity contribution < 1.29 is 184 Å². The van der Waals surface area contributed by atoms with Gasteiger partial charge in [0.2, 0.25) is 5.91 Å². The van der Waals surface area contributed by atoms with Gasteiger partial charge >= 0.3 is 83.6 Å². The molecule has 1 N–H and O–H groups in total. The van der Waals surface area contributed by atoms with Crippen molar-refractivity contribution in [3.05, 3.63) is 35.4 Å². The highest BCUT2D eigenvalue weighted by Crippen LogP contribution is 2.30. The molecule has 1 aliphatic rings. The number of hydrogen-bond donors (Lipinski definition) is 1. The standard InChI is InChI=1S/C12H22O4.C10H16O4.C10H10O4.C10H18O4.C8H14O5.C8H14O4.C8H14O2.C7H13NO2.C6H14O4S2.C6H10O4.C6H10O2S2/c1-11(13)15-9-7-5-3-4-6-8-10-16-12(2)14;2*1-13-9(11)7-3-5-8(6-4-7)10(12)14-2;1-9(11)13-7-5-3-4-6-8-14-10(2)12;1-7(9)12-5-3-11-4-6-13-8(2)10;1-7(9)11-5-3-4-6-12-8(2)10;1-7(9)5-3-4-6-8(2)10;1-6(9)4-3-5-8-7(2)10;1-11(7,8)5-3-4-6-12(2,9)10;2*1-5(7)9-3-4-10-6(2)8/h3-10H2,1-2H3;7-8H,3-6H2,1-2H3;3-6H,1-2H3;3-8H2,1-2H3;3-6H2,1-2H3;3-6H2,1-2H3;3-6H2,1-2H3;3-5H2,1-2H3,(H,8,10);3-6H2,1-2H3;2*3-4H2,1-2H3. The minimum absolute atomic E-state index is 0.0269. The fraction of sp³-hybridized carbons (Fsp3) is 0.714. The number of rotatable bonds is 51. The van der Waals surface area contributed by atoms with Crippen LogP contribution in [0.2, 0.25) is 0 Å². The van der Waals surface area contributed by atoms with Gasteiger partial charge in [0, 0.05) is 151 Å². The van der Waals surface area contributed by atoms with E-state index in [-0.39, 0.29) is 155 Å². The van der Waals surface area contributed by atoms with Crippen LogP contribution in [-0.4, -0.2) is 284 Å². The Kier molecular flexibility index (Phi) is 106. The molecule has 0 heterocycles. The molecule has 1 aliphatic carbocycles. The molecular formula is C91H155NO39S4. The third-order valence-electron chi connectivity index (χ3n) is 15.6. The van der Waals surface area contributed by atoms with E-state index in [0.29, 0.717) is 103 Å². The number of esters is 14. The predicted octanol–water partition coefficient (Wildman–Crippen LogP) is 11.3. The smallest absolute Gasteiger partial charge is 0.337 e. The Morgan fingerprint density at radius 3 is 0.704 bits per heavy atom. The summed E-state index contributed by atoms with van der Waals surface area (Å²) in [5.41, 5.74) is 0.806. The Morgan fingerprint density at radius 2 is 0.504 bits per heavy atom. The van der Waals surface area contributed by atoms with E-state index >= 15 is 0 Å². The summed E-state index contributed by atoms with van der Waals surface area (Å²) in [5.74, 6) is -1.88. The molecule has 782 valence electrons. The van der Waals surface area contributed by atoms with Crippen molar-refractivity contribution in [2.24, 2.45) is 11.8 Å². The minimum Gasteiger partial charge on any atom is -0.469 e. The van der Waals surface area contributed by atoms with E-state index in [1.807, 2.05) is 0 Å². The first kappa shape index (κ1) is 143. The first-order valence-electron chi connectivity index (χ1n) is 43.8. The van der Waals surface area contributed by atoms with Crippen LogP contribution in [-0.2, 0) is 177 Å². The van der Waals surface area contributed by atoms with E-state index in [0.717, 1.165) is 146 Å². The van der Waals surface area contributed by atoms with Crippen molar-refractivity contribution in [1.29, 1.82) is 0 Å². The molecule has 40 nitrogen and oxygen atoms in total. The third kappa shape index (κ3) is 142. The van der Waals surface area contributed by atoms with Gasteiger partial charge in [-0.2, -0.15) is 0 Å². The predicted molar refractivity (Wildman–Crippen MR) is 505 cm³/mol. The second-order valence-corrected chi connectivity index (χ2v) is 36.0. The molecule has 0 bridgehead atoms. The molecule has 0 saturated heterocycles. The quantitative estimate of drug-likeness (QED) is 0.0359. The van der Waals surface area contributed by atoms with E-state index < -0.39 is 31.6 Å². The van der Waals surface area contributed by atoms with Crippen LogP contribution in [0.4, 0.5) is 0 Å². The zero-order valence-electron chi connectivity index (χ0n) is 83.5. The fourth-order valence-corrected chi connectivity index (χ4v) is 12.0. The van der Waals surface area contributed by atoms with Gasteiger partial charge in [-0.25, -0.2) is 26.4 Å². The van der Waals surface area contributed by atoms with E-state index in [1.165, 1.54) is 166 Å². The maximum Gasteiger partial charge on any atom is 0.337 e. The van der Waals surface area contributed by atoms with Gasteiger partial charge in [0.1, 0.15) is 63.5 Å². The lowest BCUT2D eigenvalue weighted by atomic mass is 9.82. The lowest BCUT2D eigenvalue weighted by molar-refractivity contribution is -0.151. The van der Waals surface area contributed by atoms with Crippen LogP contribution in [0.5, 0.6) is 0 Å². The van der Waals surface area contributed by atoms with Crippen molar-refractivity contribution in [3.63, 3.8) is 0 Å². The third-order valence-corrected chi connectivity index (χ3v) is 19.5. The van der Waals surface area contributed by atoms with Crippen LogP contribution in [0.15, 0.2) is 24.3 Å². The number of amides is 1. The zero-order chi connectivity index (χ0) is 105. The summed E-state index contributed by atoms with van der Waals surface area (Å²) in [6, 6.07) is 6.05. The molecule has 0 aliphatic heterocycles. The second kappa shape index (κ2) is 100. The van der Waals surface area contributed by atoms with Gasteiger partial charge in [-0.3, -0.25) is 71.9 Å². The lowest BCUT2D eigenvalue weighted by Gasteiger charge is -2.24. The van der Waals surface area contributed by atoms with Gasteiger partial charge in [0.05, 0.1) is 104 Å². The number of methoxy groups -OCH3 is 4. The number of carbonyl (C=O) groups is 20. The van der Waals surface area contributed by atoms with Crippen molar-refractivity contribution >= 4 is 160 Å². The maximum atomic E-state index is 11.2. The van der Waals surface area contributed by atoms with Crippen LogP contribution in [0.3, 0.4) is 0 Å². The number of sulfone groups is 2. The number of carbonyl (C=O) groups excluding carboxylic acids is 20. The molecule has 1 aromatic carbocycles. The average Bonchev–Trinajstić information content (AvgIpc) is 0.879. The molecule has 0 aromatic heterocycles. The number of nitrogens with one attached hydrogen (secondary N) is 1. The number of thioether (sulfide) groups is 2. The monoisotopic (exact) mass is 2010 g/mol. The van der Waals surface area contributed by atoms with Gasteiger partial charge in [-0.15, -0.1) is 0 Å². The summed E-state index contributed by atoms with van der Waals surface area (Å²) >= 11 is 2.52. The Labute approximate surface area is 806 Å². The SMILES string of the molecule is CC(=O)CCCCC(C)=O.CC(=O)CCCNC(C)=O.CC(=O)OCCCCCCCCOC(C)=O.CC(=O)OCCCCCCOC(C)=O.CC(=O)OCCCCOC(C)=O.CC(=O)OCCOC(C)=O.CC(=O)OCCOCCOC(C)=O.CC(=O)SCCSC(C)=O.COC(=O)C1CCC(C(=O)OC)CC1.COC(=O)c1ccc(C(=O)OC)cc1.CS(=O)(=O)CCCCS(C)(=O)=O. The zero-order valence-corrected chi connectivity index (χ0v) is 86.8. The van der Waals surface area contributed by atoms with Crippen molar-refractivity contribution in [2.75, 3.05) is 150 Å². The van der Waals surface area contributed by atoms with Crippen LogP contribution in [0.1, 0.15) is 286 Å². The molecular weight excluding hydrogens is 1860 g/mol. The van der Waals surface area contributed by atoms with Crippen LogP contribution in [0, 0.1) is 11.8 Å². The molecule has 2 rings (SSSR count). The summed E-state index contributed by atoms with van der Waals surface area (Å²) in [6.07, 6.45) is 21.8. The highest BCUT2D eigenvalue weighted by molar-refractivity contribution is 8.16. The highest BCUT2D eigenvalue weighted by Gasteiger charge is 2.31. The van der Waals surface area contributed by atoms with Crippen molar-refractivity contribution in [3.8, 4) is 0 Å². The number of benzene rings is 1. The fourth-order valence-electron chi connectivity index (χ4n) is 9.26. The molecule has 1 amide bonds. The molecule has 0 radical (unpaired) electrons. The molecule has 1 aromatic rings. The highest BCUT2D eigenvalue weighted by atomic mass is 32.2. The first-order chi connectivity index (χ1) is 63.1. The maximum absolute atomic E-state index is 11.2. The van der Waals surface area contributed by atoms with E-state index in [4.69, 9.17) is 23.7 Å². The molecule has 1 saturated carbocycles. The largest absolute Gasteiger partial charge is 0.469 e. The van der Waals surface area contributed by atoms with Crippen LogP contribution >= 0.6 is 23.5 Å². The Morgan fingerprint density at radius 1 is 0.289 bits per heavy atom. The number of ketones is 3. The van der Waals surface area contributed by atoms with Crippen molar-refractivity contribution in [2.45, 2.75) is 265 Å². The van der Waals surface area contributed by atoms with E-state index in [9.17, 15) is 113 Å². The van der Waals surface area contributed by atoms with E-state index in [1.54, 1.807) is 20.8 Å². The Bertz CT molecular complexity index is 3350. The Hall–Kier alpha value is -9.82. The lowest BCUT2D eigenvalue weighted by Crippen LogP contribution is -2.27. The summed E-state index contributed by atoms with van der Waals surface area (Å²) in [5, 5.41) is 2.84. The van der Waals surface area contributed by atoms with Gasteiger partial charge < -0.3 is 90.8 Å². The summed E-state index contributed by atoms with van der Waals surface area (Å²) in [4.78, 5) is 210. The average molecular weight is 2020 g/mol. The molecule has 0 atom stereocenters. The number of Topliss-reactive ketones (excluding diaryl/α,β-unsaturated/α-hetero) is 3. The summed E-state index contributed by atoms with van der Waals surface area (Å²) < 4.78 is 112. The number of hydrogen-bond acceptors (Lipinski definition) is 41. The summed E-state index contributed by atoms with van der Waals surface area (Å²) in [7, 11) is -0.474. The number of unbranched alkanes of at least 4 members (excludes halogenated alkanes) is 11. The van der Waals surface area contributed by atoms with Crippen molar-refractivity contribution in [1.82, 2.24) is 5.32 Å². The van der Waals surface area contributed by atoms with Gasteiger partial charge in [-0.05, 0) is 154 Å². The molecule has 135 heavy (non-hydrogen) atoms. The topological polar surface area (TPSA) is 560 Å². The Balaban J connectivity index is -0.000000185. The first-order valence-corrected chi connectivity index (χ1v) is 49.9. The van der Waals surface area contributed by atoms with Gasteiger partial charge in [0.15, 0.2) is 10.2 Å². The van der Waals surface area contributed by atoms with Gasteiger partial charge in [-0.1, -0.05) is 49.2 Å². The summed E-state index contributed by atoms with van der Waals surface area (Å²) in [6.45, 7) is 27.7. The number of ether oxygens (including phenoxy) is 15. The molecule has 0 spiro atoms. The molecule has 44 heteroatoms. The van der Waals surface area contributed by atoms with E-state index in [2.05, 4.69) is 52.7 Å².